The van der Waals surface area contributed by atoms with Crippen molar-refractivity contribution in [2.24, 2.45) is 0 Å². The van der Waals surface area contributed by atoms with Crippen molar-refractivity contribution in [3.8, 4) is 17.2 Å². The summed E-state index contributed by atoms with van der Waals surface area (Å²) in [6.45, 7) is 1.28. The molecule has 0 fully saturated rings. The Labute approximate surface area is 246 Å². The number of aromatic nitrogens is 3. The van der Waals surface area contributed by atoms with E-state index in [0.717, 1.165) is 16.7 Å². The zero-order valence-electron chi connectivity index (χ0n) is 23.2. The number of nitrogens with zero attached hydrogens (tertiary/aromatic N) is 4. The maximum Gasteiger partial charge on any atom is 0.260 e. The first-order chi connectivity index (χ1) is 21.0. The standard InChI is InChI=1S/C33H28FN5O4/c34-28-9-6-21-16-29(28)43-25-7-8-26-22(18-25)10-14-38(33(41)27-20-37-39-13-2-11-36-32(27)39)31(26)23-4-1-5-24(19-23)42-15-3-12-35-30(40)17-21/h1-2,4-9,11,13,16,18-20,31H,3,10,12,14-15,17H2,(H,35,40). The summed E-state index contributed by atoms with van der Waals surface area (Å²) in [5.41, 5.74) is 4.37. The number of rotatable bonds is 1. The van der Waals surface area contributed by atoms with Crippen molar-refractivity contribution in [3.63, 3.8) is 0 Å². The summed E-state index contributed by atoms with van der Waals surface area (Å²) in [5, 5.41) is 7.22. The average molecular weight is 578 g/mol. The Morgan fingerprint density at radius 2 is 1.98 bits per heavy atom. The molecule has 43 heavy (non-hydrogen) atoms. The number of ether oxygens (including phenoxy) is 2. The zero-order valence-corrected chi connectivity index (χ0v) is 23.2. The molecule has 216 valence electrons. The summed E-state index contributed by atoms with van der Waals surface area (Å²) < 4.78 is 28.4. The monoisotopic (exact) mass is 577 g/mol. The second-order valence-corrected chi connectivity index (χ2v) is 10.6. The molecule has 8 bridgehead atoms. The average Bonchev–Trinajstić information content (AvgIpc) is 3.45. The Hall–Kier alpha value is -5.25. The summed E-state index contributed by atoms with van der Waals surface area (Å²) in [4.78, 5) is 32.8. The third-order valence-electron chi connectivity index (χ3n) is 7.79. The van der Waals surface area contributed by atoms with Crippen LogP contribution in [0.25, 0.3) is 5.65 Å². The van der Waals surface area contributed by atoms with Gasteiger partial charge in [-0.15, -0.1) is 0 Å². The molecule has 3 aliphatic heterocycles. The molecular weight excluding hydrogens is 549 g/mol. The van der Waals surface area contributed by atoms with Crippen LogP contribution in [0, 0.1) is 5.82 Å². The first-order valence-electron chi connectivity index (χ1n) is 14.2. The minimum absolute atomic E-state index is 0.0500. The number of hydrogen-bond acceptors (Lipinski definition) is 6. The highest BCUT2D eigenvalue weighted by Crippen LogP contribution is 2.39. The number of fused-ring (bicyclic) bond motifs is 8. The van der Waals surface area contributed by atoms with Crippen molar-refractivity contribution in [3.05, 3.63) is 119 Å². The van der Waals surface area contributed by atoms with Gasteiger partial charge in [0.05, 0.1) is 25.3 Å². The van der Waals surface area contributed by atoms with Crippen molar-refractivity contribution in [1.29, 1.82) is 0 Å². The van der Waals surface area contributed by atoms with Gasteiger partial charge in [0.15, 0.2) is 17.2 Å². The molecule has 0 aliphatic carbocycles. The van der Waals surface area contributed by atoms with Gasteiger partial charge in [0.1, 0.15) is 17.1 Å². The van der Waals surface area contributed by atoms with Crippen LogP contribution in [-0.2, 0) is 17.6 Å². The SMILES string of the molecule is O=C1Cc2ccc(F)c(c2)Oc2ccc3c(c2)CCN(C(=O)c2cnn4cccnc24)C3c2cccc(c2)OCCCN1. The van der Waals surface area contributed by atoms with Crippen LogP contribution in [0.3, 0.4) is 0 Å². The minimum atomic E-state index is -0.515. The summed E-state index contributed by atoms with van der Waals surface area (Å²) in [6, 6.07) is 19.1. The van der Waals surface area contributed by atoms with Crippen molar-refractivity contribution in [1.82, 2.24) is 24.8 Å². The first kappa shape index (κ1) is 26.6. The second kappa shape index (κ2) is 11.2. The third kappa shape index (κ3) is 5.27. The number of benzene rings is 3. The van der Waals surface area contributed by atoms with Gasteiger partial charge in [0.25, 0.3) is 5.91 Å². The Balaban J connectivity index is 1.31. The summed E-state index contributed by atoms with van der Waals surface area (Å²) in [5.74, 6) is 0.338. The molecule has 1 unspecified atom stereocenters. The van der Waals surface area contributed by atoms with E-state index in [2.05, 4.69) is 15.4 Å². The van der Waals surface area contributed by atoms with Crippen molar-refractivity contribution >= 4 is 17.5 Å². The largest absolute Gasteiger partial charge is 0.494 e. The lowest BCUT2D eigenvalue weighted by atomic mass is 9.87. The lowest BCUT2D eigenvalue weighted by molar-refractivity contribution is -0.120. The highest BCUT2D eigenvalue weighted by Gasteiger charge is 2.34. The normalized spacial score (nSPS) is 16.8. The van der Waals surface area contributed by atoms with Gasteiger partial charge in [0.2, 0.25) is 5.91 Å². The molecule has 0 saturated carbocycles. The molecule has 1 N–H and O–H groups in total. The van der Waals surface area contributed by atoms with Crippen LogP contribution >= 0.6 is 0 Å². The minimum Gasteiger partial charge on any atom is -0.494 e. The molecular formula is C33H28FN5O4. The van der Waals surface area contributed by atoms with Crippen molar-refractivity contribution in [2.75, 3.05) is 19.7 Å². The van der Waals surface area contributed by atoms with E-state index in [1.165, 1.54) is 6.07 Å². The van der Waals surface area contributed by atoms with Gasteiger partial charge in [-0.1, -0.05) is 24.3 Å². The molecule has 0 saturated heterocycles. The molecule has 1 atom stereocenters. The van der Waals surface area contributed by atoms with E-state index in [-0.39, 0.29) is 24.0 Å². The van der Waals surface area contributed by atoms with Crippen molar-refractivity contribution < 1.29 is 23.5 Å². The number of halogens is 1. The number of carbonyl (C=O) groups is 2. The molecule has 3 aliphatic rings. The Kier molecular flexibility index (Phi) is 6.94. The summed E-state index contributed by atoms with van der Waals surface area (Å²) in [6.07, 6.45) is 6.24. The molecule has 2 amide bonds. The molecule has 0 radical (unpaired) electrons. The van der Waals surface area contributed by atoms with E-state index >= 15 is 0 Å². The predicted molar refractivity (Wildman–Crippen MR) is 156 cm³/mol. The van der Waals surface area contributed by atoms with Crippen LogP contribution in [0.15, 0.2) is 85.3 Å². The van der Waals surface area contributed by atoms with E-state index in [4.69, 9.17) is 9.47 Å². The van der Waals surface area contributed by atoms with Crippen LogP contribution in [0.1, 0.15) is 45.1 Å². The smallest absolute Gasteiger partial charge is 0.260 e. The lowest BCUT2D eigenvalue weighted by Gasteiger charge is -2.38. The molecule has 3 aromatic carbocycles. The molecule has 5 aromatic rings. The van der Waals surface area contributed by atoms with Gasteiger partial charge in [-0.3, -0.25) is 9.59 Å². The van der Waals surface area contributed by atoms with E-state index < -0.39 is 11.9 Å². The Bertz CT molecular complexity index is 1850. The van der Waals surface area contributed by atoms with Crippen LogP contribution < -0.4 is 14.8 Å². The van der Waals surface area contributed by atoms with Crippen molar-refractivity contribution in [2.45, 2.75) is 25.3 Å². The molecule has 8 rings (SSSR count). The van der Waals surface area contributed by atoms with Gasteiger partial charge in [-0.05, 0) is 77.6 Å². The maximum absolute atomic E-state index is 14.8. The van der Waals surface area contributed by atoms with E-state index in [9.17, 15) is 14.0 Å². The number of carbonyl (C=O) groups excluding carboxylic acids is 2. The molecule has 5 heterocycles. The molecule has 9 nitrogen and oxygen atoms in total. The fourth-order valence-corrected chi connectivity index (χ4v) is 5.75. The van der Waals surface area contributed by atoms with Crippen LogP contribution in [-0.4, -0.2) is 51.0 Å². The first-order valence-corrected chi connectivity index (χ1v) is 14.2. The highest BCUT2D eigenvalue weighted by molar-refractivity contribution is 6.00. The number of amides is 2. The number of hydrogen-bond donors (Lipinski definition) is 1. The van der Waals surface area contributed by atoms with Crippen LogP contribution in [0.5, 0.6) is 17.2 Å². The Morgan fingerprint density at radius 3 is 2.91 bits per heavy atom. The van der Waals surface area contributed by atoms with E-state index in [0.29, 0.717) is 60.8 Å². The van der Waals surface area contributed by atoms with Crippen LogP contribution in [0.4, 0.5) is 4.39 Å². The van der Waals surface area contributed by atoms with Gasteiger partial charge < -0.3 is 19.7 Å². The second-order valence-electron chi connectivity index (χ2n) is 10.6. The Morgan fingerprint density at radius 1 is 1.05 bits per heavy atom. The third-order valence-corrected chi connectivity index (χ3v) is 7.79. The molecule has 10 heteroatoms. The zero-order chi connectivity index (χ0) is 29.3. The highest BCUT2D eigenvalue weighted by atomic mass is 19.1. The van der Waals surface area contributed by atoms with Gasteiger partial charge in [-0.2, -0.15) is 5.10 Å². The number of nitrogens with one attached hydrogen (secondary N) is 1. The topological polar surface area (TPSA) is 98.1 Å². The molecule has 2 aromatic heterocycles. The fourth-order valence-electron chi connectivity index (χ4n) is 5.75. The van der Waals surface area contributed by atoms with Gasteiger partial charge >= 0.3 is 0 Å². The van der Waals surface area contributed by atoms with Gasteiger partial charge in [0, 0.05) is 25.5 Å². The van der Waals surface area contributed by atoms with Gasteiger partial charge in [-0.25, -0.2) is 13.9 Å². The van der Waals surface area contributed by atoms with E-state index in [1.54, 1.807) is 47.4 Å². The van der Waals surface area contributed by atoms with Crippen LogP contribution in [0.2, 0.25) is 0 Å². The quantitative estimate of drug-likeness (QED) is 0.305. The lowest BCUT2D eigenvalue weighted by Crippen LogP contribution is -2.40. The van der Waals surface area contributed by atoms with E-state index in [1.807, 2.05) is 41.3 Å². The summed E-state index contributed by atoms with van der Waals surface area (Å²) in [7, 11) is 0. The predicted octanol–water partition coefficient (Wildman–Crippen LogP) is 4.89. The maximum atomic E-state index is 14.8. The summed E-state index contributed by atoms with van der Waals surface area (Å²) >= 11 is 0. The molecule has 0 spiro atoms. The fraction of sp³-hybridized carbons (Fsp3) is 0.212.